The van der Waals surface area contributed by atoms with Crippen LogP contribution in [0, 0.1) is 0 Å². The summed E-state index contributed by atoms with van der Waals surface area (Å²) in [6.07, 6.45) is 9.57. The molecule has 3 aromatic heterocycles. The Morgan fingerprint density at radius 2 is 1.77 bits per heavy atom. The molecule has 0 N–H and O–H groups in total. The van der Waals surface area contributed by atoms with Crippen molar-refractivity contribution in [3.63, 3.8) is 0 Å². The predicted molar refractivity (Wildman–Crippen MR) is 103 cm³/mol. The lowest BCUT2D eigenvalue weighted by Gasteiger charge is -2.12. The molecule has 0 aliphatic heterocycles. The summed E-state index contributed by atoms with van der Waals surface area (Å²) >= 11 is 1.68. The van der Waals surface area contributed by atoms with Crippen molar-refractivity contribution in [2.75, 3.05) is 7.11 Å². The van der Waals surface area contributed by atoms with Gasteiger partial charge in [0.15, 0.2) is 16.7 Å². The van der Waals surface area contributed by atoms with Crippen molar-refractivity contribution in [2.24, 2.45) is 0 Å². The van der Waals surface area contributed by atoms with Gasteiger partial charge in [0.2, 0.25) is 0 Å². The largest absolute Gasteiger partial charge is 0.493 e. The number of hydrogen-bond acceptors (Lipinski definition) is 4. The maximum absolute atomic E-state index is 5.43. The van der Waals surface area contributed by atoms with Crippen molar-refractivity contribution in [3.8, 4) is 17.3 Å². The standard InChI is InChI=1S/C20H18N4OS/c1-25-18-9-6-10-21-19(18)24-14-11-22-20(24)26-15-16-7-2-3-8-17(16)23-12-4-5-13-23/h2-14H,15H2,1H3. The summed E-state index contributed by atoms with van der Waals surface area (Å²) in [5.41, 5.74) is 2.43. The van der Waals surface area contributed by atoms with Gasteiger partial charge in [-0.25, -0.2) is 9.97 Å². The van der Waals surface area contributed by atoms with E-state index in [-0.39, 0.29) is 0 Å². The number of thioether (sulfide) groups is 1. The molecule has 4 aromatic rings. The average molecular weight is 362 g/mol. The lowest BCUT2D eigenvalue weighted by molar-refractivity contribution is 0.409. The minimum absolute atomic E-state index is 0.722. The van der Waals surface area contributed by atoms with Crippen LogP contribution in [0.2, 0.25) is 0 Å². The zero-order valence-corrected chi connectivity index (χ0v) is 15.1. The number of nitrogens with zero attached hydrogens (tertiary/aromatic N) is 4. The quantitative estimate of drug-likeness (QED) is 0.478. The summed E-state index contributed by atoms with van der Waals surface area (Å²) in [4.78, 5) is 8.95. The molecule has 0 amide bonds. The normalized spacial score (nSPS) is 10.8. The number of aromatic nitrogens is 4. The van der Waals surface area contributed by atoms with Gasteiger partial charge in [0.05, 0.1) is 7.11 Å². The van der Waals surface area contributed by atoms with E-state index in [4.69, 9.17) is 4.74 Å². The highest BCUT2D eigenvalue weighted by atomic mass is 32.2. The molecular formula is C20H18N4OS. The molecule has 0 aliphatic carbocycles. The van der Waals surface area contributed by atoms with Gasteiger partial charge in [-0.05, 0) is 35.9 Å². The molecule has 0 saturated carbocycles. The van der Waals surface area contributed by atoms with E-state index in [1.54, 1.807) is 31.3 Å². The SMILES string of the molecule is COc1cccnc1-n1ccnc1SCc1ccccc1-n1cccc1. The van der Waals surface area contributed by atoms with Crippen molar-refractivity contribution in [1.82, 2.24) is 19.1 Å². The van der Waals surface area contributed by atoms with E-state index in [0.717, 1.165) is 22.5 Å². The number of imidazole rings is 1. The van der Waals surface area contributed by atoms with Crippen molar-refractivity contribution < 1.29 is 4.74 Å². The molecule has 0 bridgehead atoms. The average Bonchev–Trinajstić information content (AvgIpc) is 3.38. The third kappa shape index (κ3) is 3.23. The monoisotopic (exact) mass is 362 g/mol. The van der Waals surface area contributed by atoms with Crippen LogP contribution in [-0.4, -0.2) is 26.2 Å². The molecule has 0 spiro atoms. The predicted octanol–water partition coefficient (Wildman–Crippen LogP) is 4.36. The molecular weight excluding hydrogens is 344 g/mol. The summed E-state index contributed by atoms with van der Waals surface area (Å²) in [6, 6.07) is 16.2. The molecule has 5 nitrogen and oxygen atoms in total. The summed E-state index contributed by atoms with van der Waals surface area (Å²) in [6.45, 7) is 0. The Kier molecular flexibility index (Phi) is 4.75. The third-order valence-electron chi connectivity index (χ3n) is 4.04. The maximum Gasteiger partial charge on any atom is 0.181 e. The second-order valence-corrected chi connectivity index (χ2v) is 6.56. The smallest absolute Gasteiger partial charge is 0.181 e. The van der Waals surface area contributed by atoms with Crippen molar-refractivity contribution in [3.05, 3.63) is 85.1 Å². The van der Waals surface area contributed by atoms with Gasteiger partial charge in [0.1, 0.15) is 0 Å². The molecule has 0 atom stereocenters. The Labute approximate surface area is 156 Å². The van der Waals surface area contributed by atoms with E-state index in [1.807, 2.05) is 35.0 Å². The van der Waals surface area contributed by atoms with Crippen LogP contribution in [0.15, 0.2) is 84.7 Å². The van der Waals surface area contributed by atoms with Crippen molar-refractivity contribution in [1.29, 1.82) is 0 Å². The molecule has 26 heavy (non-hydrogen) atoms. The molecule has 0 aliphatic rings. The first-order valence-electron chi connectivity index (χ1n) is 8.23. The van der Waals surface area contributed by atoms with Crippen LogP contribution in [0.5, 0.6) is 5.75 Å². The number of para-hydroxylation sites is 1. The van der Waals surface area contributed by atoms with Crippen LogP contribution in [0.1, 0.15) is 5.56 Å². The van der Waals surface area contributed by atoms with E-state index in [2.05, 4.69) is 51.2 Å². The number of ether oxygens (including phenoxy) is 1. The van der Waals surface area contributed by atoms with Gasteiger partial charge >= 0.3 is 0 Å². The molecule has 130 valence electrons. The fourth-order valence-corrected chi connectivity index (χ4v) is 3.75. The molecule has 0 radical (unpaired) electrons. The molecule has 4 rings (SSSR count). The Hall–Kier alpha value is -2.99. The van der Waals surface area contributed by atoms with E-state index in [0.29, 0.717) is 0 Å². The maximum atomic E-state index is 5.43. The number of rotatable bonds is 6. The molecule has 1 aromatic carbocycles. The van der Waals surface area contributed by atoms with Gasteiger partial charge in [-0.3, -0.25) is 4.57 Å². The minimum atomic E-state index is 0.722. The van der Waals surface area contributed by atoms with Gasteiger partial charge in [-0.1, -0.05) is 30.0 Å². The van der Waals surface area contributed by atoms with Crippen LogP contribution in [0.25, 0.3) is 11.5 Å². The Balaban J connectivity index is 1.61. The molecule has 3 heterocycles. The Bertz CT molecular complexity index is 994. The fourth-order valence-electron chi connectivity index (χ4n) is 2.80. The van der Waals surface area contributed by atoms with Crippen LogP contribution >= 0.6 is 11.8 Å². The Morgan fingerprint density at radius 1 is 0.923 bits per heavy atom. The number of pyridine rings is 1. The highest BCUT2D eigenvalue weighted by Gasteiger charge is 2.12. The second kappa shape index (κ2) is 7.49. The van der Waals surface area contributed by atoms with Gasteiger partial charge in [-0.2, -0.15) is 0 Å². The topological polar surface area (TPSA) is 44.9 Å². The number of hydrogen-bond donors (Lipinski definition) is 0. The second-order valence-electron chi connectivity index (χ2n) is 5.62. The highest BCUT2D eigenvalue weighted by Crippen LogP contribution is 2.29. The van der Waals surface area contributed by atoms with Crippen molar-refractivity contribution in [2.45, 2.75) is 10.9 Å². The summed E-state index contributed by atoms with van der Waals surface area (Å²) < 4.78 is 9.52. The first-order valence-corrected chi connectivity index (χ1v) is 9.22. The zero-order chi connectivity index (χ0) is 17.8. The van der Waals surface area contributed by atoms with E-state index in [9.17, 15) is 0 Å². The zero-order valence-electron chi connectivity index (χ0n) is 14.3. The van der Waals surface area contributed by atoms with E-state index in [1.165, 1.54) is 11.3 Å². The molecule has 0 fully saturated rings. The van der Waals surface area contributed by atoms with Crippen LogP contribution in [0.4, 0.5) is 0 Å². The van der Waals surface area contributed by atoms with Crippen LogP contribution in [-0.2, 0) is 5.75 Å². The molecule has 0 saturated heterocycles. The highest BCUT2D eigenvalue weighted by molar-refractivity contribution is 7.98. The van der Waals surface area contributed by atoms with Gasteiger partial charge in [0.25, 0.3) is 0 Å². The van der Waals surface area contributed by atoms with Gasteiger partial charge in [0, 0.05) is 42.4 Å². The summed E-state index contributed by atoms with van der Waals surface area (Å²) in [5, 5.41) is 0.879. The van der Waals surface area contributed by atoms with Crippen LogP contribution < -0.4 is 4.74 Å². The first-order chi connectivity index (χ1) is 12.9. The van der Waals surface area contributed by atoms with Gasteiger partial charge < -0.3 is 9.30 Å². The van der Waals surface area contributed by atoms with Gasteiger partial charge in [-0.15, -0.1) is 0 Å². The summed E-state index contributed by atoms with van der Waals surface area (Å²) in [5.74, 6) is 2.27. The van der Waals surface area contributed by atoms with Crippen molar-refractivity contribution >= 4 is 11.8 Å². The third-order valence-corrected chi connectivity index (χ3v) is 5.05. The first kappa shape index (κ1) is 16.5. The lowest BCUT2D eigenvalue weighted by atomic mass is 10.2. The molecule has 0 unspecified atom stereocenters. The number of benzene rings is 1. The Morgan fingerprint density at radius 3 is 2.62 bits per heavy atom. The van der Waals surface area contributed by atoms with E-state index >= 15 is 0 Å². The number of methoxy groups -OCH3 is 1. The fraction of sp³-hybridized carbons (Fsp3) is 0.100. The minimum Gasteiger partial charge on any atom is -0.493 e. The van der Waals surface area contributed by atoms with Crippen LogP contribution in [0.3, 0.4) is 0 Å². The molecule has 6 heteroatoms. The van der Waals surface area contributed by atoms with E-state index < -0.39 is 0 Å². The lowest BCUT2D eigenvalue weighted by Crippen LogP contribution is -2.02. The summed E-state index contributed by atoms with van der Waals surface area (Å²) in [7, 11) is 1.65.